The van der Waals surface area contributed by atoms with Gasteiger partial charge in [0.1, 0.15) is 6.04 Å². The maximum absolute atomic E-state index is 12.7. The van der Waals surface area contributed by atoms with Gasteiger partial charge in [0.15, 0.2) is 0 Å². The standard InChI is InChI=1S/C17H24N2O2/c1-4-21-14-10-13(17(14,2)3)19-11-18-15(16(19)20)12-8-6-5-7-9-12/h5-9,13-15,18H,4,10-11H2,1-3H3. The maximum Gasteiger partial charge on any atom is 0.245 e. The molecular weight excluding hydrogens is 264 g/mol. The van der Waals surface area contributed by atoms with Crippen LogP contribution in [-0.2, 0) is 9.53 Å². The van der Waals surface area contributed by atoms with Crippen molar-refractivity contribution in [2.24, 2.45) is 5.41 Å². The van der Waals surface area contributed by atoms with Crippen molar-refractivity contribution < 1.29 is 9.53 Å². The molecule has 0 aromatic heterocycles. The van der Waals surface area contributed by atoms with Crippen molar-refractivity contribution in [2.45, 2.75) is 45.4 Å². The molecule has 1 aliphatic carbocycles. The van der Waals surface area contributed by atoms with E-state index in [-0.39, 0.29) is 29.5 Å². The van der Waals surface area contributed by atoms with E-state index in [1.807, 2.05) is 42.2 Å². The summed E-state index contributed by atoms with van der Waals surface area (Å²) in [4.78, 5) is 14.7. The van der Waals surface area contributed by atoms with Gasteiger partial charge in [-0.15, -0.1) is 0 Å². The van der Waals surface area contributed by atoms with E-state index in [1.165, 1.54) is 0 Å². The van der Waals surface area contributed by atoms with Gasteiger partial charge in [0.25, 0.3) is 0 Å². The van der Waals surface area contributed by atoms with Crippen LogP contribution in [0.1, 0.15) is 38.8 Å². The minimum absolute atomic E-state index is 0.0267. The smallest absolute Gasteiger partial charge is 0.245 e. The van der Waals surface area contributed by atoms with Crippen LogP contribution < -0.4 is 5.32 Å². The summed E-state index contributed by atoms with van der Waals surface area (Å²) in [6.45, 7) is 7.79. The van der Waals surface area contributed by atoms with Crippen LogP contribution >= 0.6 is 0 Å². The third-order valence-corrected chi connectivity index (χ3v) is 5.00. The number of carbonyl (C=O) groups excluding carboxylic acids is 1. The van der Waals surface area contributed by atoms with Crippen LogP contribution in [0.25, 0.3) is 0 Å². The highest BCUT2D eigenvalue weighted by atomic mass is 16.5. The Morgan fingerprint density at radius 1 is 1.33 bits per heavy atom. The average Bonchev–Trinajstić information content (AvgIpc) is 2.85. The Hall–Kier alpha value is -1.39. The molecule has 4 nitrogen and oxygen atoms in total. The zero-order valence-electron chi connectivity index (χ0n) is 13.0. The highest BCUT2D eigenvalue weighted by Crippen LogP contribution is 2.47. The molecular formula is C17H24N2O2. The van der Waals surface area contributed by atoms with Crippen LogP contribution in [-0.4, -0.2) is 36.2 Å². The summed E-state index contributed by atoms with van der Waals surface area (Å²) in [6, 6.07) is 10.0. The van der Waals surface area contributed by atoms with E-state index >= 15 is 0 Å². The van der Waals surface area contributed by atoms with Crippen LogP contribution in [0, 0.1) is 5.41 Å². The predicted octanol–water partition coefficient (Wildman–Crippen LogP) is 2.32. The van der Waals surface area contributed by atoms with Crippen molar-refractivity contribution in [2.75, 3.05) is 13.3 Å². The Morgan fingerprint density at radius 2 is 2.05 bits per heavy atom. The van der Waals surface area contributed by atoms with Gasteiger partial charge >= 0.3 is 0 Å². The molecule has 1 aromatic carbocycles. The van der Waals surface area contributed by atoms with Crippen LogP contribution in [0.4, 0.5) is 0 Å². The second-order valence-corrected chi connectivity index (χ2v) is 6.53. The third-order valence-electron chi connectivity index (χ3n) is 5.00. The number of rotatable bonds is 4. The van der Waals surface area contributed by atoms with Crippen molar-refractivity contribution in [3.8, 4) is 0 Å². The van der Waals surface area contributed by atoms with E-state index < -0.39 is 0 Å². The lowest BCUT2D eigenvalue weighted by atomic mass is 9.63. The van der Waals surface area contributed by atoms with Crippen molar-refractivity contribution in [3.05, 3.63) is 35.9 Å². The highest BCUT2D eigenvalue weighted by Gasteiger charge is 2.54. The quantitative estimate of drug-likeness (QED) is 0.924. The Morgan fingerprint density at radius 3 is 2.67 bits per heavy atom. The minimum atomic E-state index is -0.201. The van der Waals surface area contributed by atoms with E-state index in [0.29, 0.717) is 6.67 Å². The molecule has 1 aromatic rings. The lowest BCUT2D eigenvalue weighted by Gasteiger charge is -2.54. The number of nitrogens with zero attached hydrogens (tertiary/aromatic N) is 1. The molecule has 1 heterocycles. The second kappa shape index (κ2) is 5.43. The van der Waals surface area contributed by atoms with Crippen LogP contribution in [0.2, 0.25) is 0 Å². The third kappa shape index (κ3) is 2.36. The molecule has 114 valence electrons. The molecule has 0 spiro atoms. The van der Waals surface area contributed by atoms with E-state index in [9.17, 15) is 4.79 Å². The first-order chi connectivity index (χ1) is 10.1. The first kappa shape index (κ1) is 14.5. The molecule has 1 N–H and O–H groups in total. The summed E-state index contributed by atoms with van der Waals surface area (Å²) < 4.78 is 5.77. The number of hydrogen-bond acceptors (Lipinski definition) is 3. The van der Waals surface area contributed by atoms with E-state index in [0.717, 1.165) is 18.6 Å². The van der Waals surface area contributed by atoms with Crippen molar-refractivity contribution in [1.29, 1.82) is 0 Å². The fraction of sp³-hybridized carbons (Fsp3) is 0.588. The van der Waals surface area contributed by atoms with Gasteiger partial charge in [0.05, 0.1) is 12.8 Å². The summed E-state index contributed by atoms with van der Waals surface area (Å²) in [5.41, 5.74) is 1.07. The molecule has 2 fully saturated rings. The molecule has 21 heavy (non-hydrogen) atoms. The van der Waals surface area contributed by atoms with Gasteiger partial charge in [0.2, 0.25) is 5.91 Å². The largest absolute Gasteiger partial charge is 0.378 e. The van der Waals surface area contributed by atoms with Crippen LogP contribution in [0.5, 0.6) is 0 Å². The summed E-state index contributed by atoms with van der Waals surface area (Å²) in [7, 11) is 0. The number of hydrogen-bond donors (Lipinski definition) is 1. The average molecular weight is 288 g/mol. The number of benzene rings is 1. The minimum Gasteiger partial charge on any atom is -0.378 e. The van der Waals surface area contributed by atoms with Gasteiger partial charge in [0, 0.05) is 18.1 Å². The molecule has 0 radical (unpaired) electrons. The lowest BCUT2D eigenvalue weighted by Crippen LogP contribution is -2.62. The van der Waals surface area contributed by atoms with Gasteiger partial charge in [-0.1, -0.05) is 44.2 Å². The van der Waals surface area contributed by atoms with Gasteiger partial charge in [-0.05, 0) is 18.9 Å². The molecule has 4 heteroatoms. The number of carbonyl (C=O) groups is 1. The highest BCUT2D eigenvalue weighted by molar-refractivity contribution is 5.85. The summed E-state index contributed by atoms with van der Waals surface area (Å²) in [5.74, 6) is 0.189. The first-order valence-electron chi connectivity index (χ1n) is 7.76. The Labute approximate surface area is 126 Å². The van der Waals surface area contributed by atoms with Crippen LogP contribution in [0.15, 0.2) is 30.3 Å². The Balaban J connectivity index is 1.71. The molecule has 0 bridgehead atoms. The van der Waals surface area contributed by atoms with E-state index in [4.69, 9.17) is 4.74 Å². The summed E-state index contributed by atoms with van der Waals surface area (Å²) in [5, 5.41) is 3.34. The first-order valence-corrected chi connectivity index (χ1v) is 7.76. The molecule has 1 saturated heterocycles. The lowest BCUT2D eigenvalue weighted by molar-refractivity contribution is -0.162. The fourth-order valence-electron chi connectivity index (χ4n) is 3.57. The normalized spacial score (nSPS) is 31.3. The summed E-state index contributed by atoms with van der Waals surface area (Å²) >= 11 is 0. The number of nitrogens with one attached hydrogen (secondary N) is 1. The van der Waals surface area contributed by atoms with Crippen LogP contribution in [0.3, 0.4) is 0 Å². The molecule has 3 atom stereocenters. The van der Waals surface area contributed by atoms with Crippen molar-refractivity contribution in [1.82, 2.24) is 10.2 Å². The van der Waals surface area contributed by atoms with Crippen molar-refractivity contribution >= 4 is 5.91 Å². The molecule has 3 rings (SSSR count). The predicted molar refractivity (Wildman–Crippen MR) is 81.6 cm³/mol. The molecule has 1 amide bonds. The van der Waals surface area contributed by atoms with E-state index in [1.54, 1.807) is 0 Å². The molecule has 2 aliphatic rings. The Bertz CT molecular complexity index is 515. The van der Waals surface area contributed by atoms with Gasteiger partial charge < -0.3 is 9.64 Å². The fourth-order valence-corrected chi connectivity index (χ4v) is 3.57. The maximum atomic E-state index is 12.7. The second-order valence-electron chi connectivity index (χ2n) is 6.53. The zero-order chi connectivity index (χ0) is 15.0. The summed E-state index contributed by atoms with van der Waals surface area (Å²) in [6.07, 6.45) is 1.20. The van der Waals surface area contributed by atoms with Gasteiger partial charge in [-0.3, -0.25) is 10.1 Å². The van der Waals surface area contributed by atoms with E-state index in [2.05, 4.69) is 19.2 Å². The van der Waals surface area contributed by atoms with Gasteiger partial charge in [-0.25, -0.2) is 0 Å². The number of ether oxygens (including phenoxy) is 1. The zero-order valence-corrected chi connectivity index (χ0v) is 13.0. The monoisotopic (exact) mass is 288 g/mol. The molecule has 1 saturated carbocycles. The van der Waals surface area contributed by atoms with Gasteiger partial charge in [-0.2, -0.15) is 0 Å². The number of amides is 1. The topological polar surface area (TPSA) is 41.6 Å². The molecule has 3 unspecified atom stereocenters. The van der Waals surface area contributed by atoms with Crippen molar-refractivity contribution in [3.63, 3.8) is 0 Å². The Kier molecular flexibility index (Phi) is 3.76. The molecule has 1 aliphatic heterocycles. The SMILES string of the molecule is CCOC1CC(N2CNC(c3ccccc3)C2=O)C1(C)C.